The Hall–Kier alpha value is -2.87. The molecule has 4 rings (SSSR count). The van der Waals surface area contributed by atoms with Crippen LogP contribution in [0, 0.1) is 6.92 Å². The average Bonchev–Trinajstić information content (AvgIpc) is 3.17. The first-order chi connectivity index (χ1) is 15.0. The van der Waals surface area contributed by atoms with E-state index >= 15 is 0 Å². The van der Waals surface area contributed by atoms with Gasteiger partial charge in [-0.2, -0.15) is 0 Å². The lowest BCUT2D eigenvalue weighted by Crippen LogP contribution is -2.35. The number of rotatable bonds is 5. The predicted octanol–water partition coefficient (Wildman–Crippen LogP) is 6.06. The van der Waals surface area contributed by atoms with Crippen molar-refractivity contribution in [1.82, 2.24) is 10.3 Å². The lowest BCUT2D eigenvalue weighted by molar-refractivity contribution is -0.117. The summed E-state index contributed by atoms with van der Waals surface area (Å²) in [4.78, 5) is 17.7. The summed E-state index contributed by atoms with van der Waals surface area (Å²) in [5.74, 6) is 0.577. The molecule has 0 bridgehead atoms. The van der Waals surface area contributed by atoms with Gasteiger partial charge in [-0.1, -0.05) is 23.7 Å². The summed E-state index contributed by atoms with van der Waals surface area (Å²) >= 11 is 12.6. The minimum absolute atomic E-state index is 0.192. The molecule has 0 atom stereocenters. The molecule has 0 spiro atoms. The number of thiocarbonyl (C=S) groups is 1. The molecule has 5 nitrogen and oxygen atoms in total. The molecule has 2 N–H and O–H groups in total. The molecule has 31 heavy (non-hydrogen) atoms. The normalized spacial score (nSPS) is 10.8. The summed E-state index contributed by atoms with van der Waals surface area (Å²) in [7, 11) is 0. The average molecular weight is 468 g/mol. The second-order valence-electron chi connectivity index (χ2n) is 6.82. The van der Waals surface area contributed by atoms with E-state index in [1.807, 2.05) is 61.5 Å². The Morgan fingerprint density at radius 2 is 1.94 bits per heavy atom. The van der Waals surface area contributed by atoms with Crippen molar-refractivity contribution >= 4 is 63.4 Å². The van der Waals surface area contributed by atoms with Crippen molar-refractivity contribution in [2.45, 2.75) is 11.8 Å². The van der Waals surface area contributed by atoms with Gasteiger partial charge in [-0.05, 0) is 79.3 Å². The highest BCUT2D eigenvalue weighted by Gasteiger charge is 2.10. The molecule has 0 aliphatic carbocycles. The Labute approximate surface area is 194 Å². The van der Waals surface area contributed by atoms with Gasteiger partial charge in [-0.15, -0.1) is 11.8 Å². The van der Waals surface area contributed by atoms with Gasteiger partial charge in [0.05, 0.1) is 5.75 Å². The summed E-state index contributed by atoms with van der Waals surface area (Å²) in [6.07, 6.45) is 0. The number of oxazole rings is 1. The number of nitrogens with one attached hydrogen (secondary N) is 2. The molecule has 0 radical (unpaired) electrons. The van der Waals surface area contributed by atoms with E-state index in [4.69, 9.17) is 28.2 Å². The molecule has 156 valence electrons. The molecule has 1 heterocycles. The third-order valence-electron chi connectivity index (χ3n) is 4.35. The van der Waals surface area contributed by atoms with E-state index in [0.717, 1.165) is 32.8 Å². The Morgan fingerprint density at radius 3 is 2.74 bits per heavy atom. The van der Waals surface area contributed by atoms with E-state index in [1.165, 1.54) is 11.8 Å². The molecular formula is C23H18ClN3O2S2. The summed E-state index contributed by atoms with van der Waals surface area (Å²) in [6, 6.07) is 20.7. The Balaban J connectivity index is 1.37. The largest absolute Gasteiger partial charge is 0.436 e. The van der Waals surface area contributed by atoms with Crippen molar-refractivity contribution in [2.75, 3.05) is 11.1 Å². The minimum Gasteiger partial charge on any atom is -0.436 e. The van der Waals surface area contributed by atoms with Gasteiger partial charge >= 0.3 is 0 Å². The smallest absolute Gasteiger partial charge is 0.236 e. The lowest BCUT2D eigenvalue weighted by atomic mass is 10.2. The van der Waals surface area contributed by atoms with Crippen molar-refractivity contribution in [3.05, 3.63) is 77.3 Å². The van der Waals surface area contributed by atoms with Crippen LogP contribution in [-0.2, 0) is 4.79 Å². The Bertz CT molecular complexity index is 1260. The molecular weight excluding hydrogens is 450 g/mol. The maximum atomic E-state index is 12.2. The van der Waals surface area contributed by atoms with E-state index in [1.54, 1.807) is 12.1 Å². The van der Waals surface area contributed by atoms with Crippen LogP contribution in [0.5, 0.6) is 0 Å². The van der Waals surface area contributed by atoms with Crippen LogP contribution >= 0.6 is 35.6 Å². The quantitative estimate of drug-likeness (QED) is 0.274. The fourth-order valence-electron chi connectivity index (χ4n) is 2.90. The first kappa shape index (κ1) is 21.4. The van der Waals surface area contributed by atoms with Gasteiger partial charge in [0.25, 0.3) is 0 Å². The van der Waals surface area contributed by atoms with Crippen molar-refractivity contribution < 1.29 is 9.21 Å². The van der Waals surface area contributed by atoms with E-state index in [9.17, 15) is 4.79 Å². The second kappa shape index (κ2) is 9.51. The zero-order valence-electron chi connectivity index (χ0n) is 16.5. The highest BCUT2D eigenvalue weighted by atomic mass is 35.5. The number of hydrogen-bond donors (Lipinski definition) is 2. The zero-order valence-corrected chi connectivity index (χ0v) is 18.9. The molecule has 0 fully saturated rings. The molecule has 1 aromatic heterocycles. The van der Waals surface area contributed by atoms with Crippen molar-refractivity contribution in [2.24, 2.45) is 0 Å². The molecule has 0 saturated carbocycles. The molecule has 0 unspecified atom stereocenters. The number of thioether (sulfide) groups is 1. The summed E-state index contributed by atoms with van der Waals surface area (Å²) in [5, 5.41) is 6.62. The predicted molar refractivity (Wildman–Crippen MR) is 131 cm³/mol. The molecule has 0 saturated heterocycles. The van der Waals surface area contributed by atoms with Gasteiger partial charge in [-0.3, -0.25) is 4.79 Å². The minimum atomic E-state index is -0.192. The van der Waals surface area contributed by atoms with Crippen LogP contribution in [0.15, 0.2) is 76.0 Å². The Kier molecular flexibility index (Phi) is 6.56. The number of nitrogens with zero attached hydrogens (tertiary/aromatic N) is 1. The van der Waals surface area contributed by atoms with Gasteiger partial charge in [0.2, 0.25) is 11.8 Å². The van der Waals surface area contributed by atoms with Gasteiger partial charge in [-0.25, -0.2) is 4.98 Å². The van der Waals surface area contributed by atoms with Crippen molar-refractivity contribution in [3.63, 3.8) is 0 Å². The van der Waals surface area contributed by atoms with Crippen LogP contribution in [0.25, 0.3) is 22.6 Å². The number of carbonyl (C=O) groups is 1. The van der Waals surface area contributed by atoms with Crippen molar-refractivity contribution in [1.29, 1.82) is 0 Å². The molecule has 1 amide bonds. The highest BCUT2D eigenvalue weighted by Crippen LogP contribution is 2.26. The molecule has 8 heteroatoms. The Morgan fingerprint density at radius 1 is 1.13 bits per heavy atom. The summed E-state index contributed by atoms with van der Waals surface area (Å²) < 4.78 is 5.86. The topological polar surface area (TPSA) is 67.2 Å². The van der Waals surface area contributed by atoms with Gasteiger partial charge in [0, 0.05) is 21.2 Å². The monoisotopic (exact) mass is 467 g/mol. The second-order valence-corrected chi connectivity index (χ2v) is 8.71. The number of amides is 1. The maximum Gasteiger partial charge on any atom is 0.236 e. The number of aromatic nitrogens is 1. The van der Waals surface area contributed by atoms with E-state index in [0.29, 0.717) is 10.9 Å². The number of carbonyl (C=O) groups excluding carboxylic acids is 1. The van der Waals surface area contributed by atoms with Gasteiger partial charge in [0.15, 0.2) is 10.7 Å². The fourth-order valence-corrected chi connectivity index (χ4v) is 3.95. The van der Waals surface area contributed by atoms with Crippen molar-refractivity contribution in [3.8, 4) is 11.5 Å². The number of hydrogen-bond acceptors (Lipinski definition) is 5. The number of aryl methyl sites for hydroxylation is 1. The van der Waals surface area contributed by atoms with Crippen LogP contribution in [-0.4, -0.2) is 21.8 Å². The number of halogens is 1. The first-order valence-corrected chi connectivity index (χ1v) is 11.2. The van der Waals surface area contributed by atoms with E-state index in [-0.39, 0.29) is 16.8 Å². The van der Waals surface area contributed by atoms with E-state index < -0.39 is 0 Å². The van der Waals surface area contributed by atoms with Crippen LogP contribution in [0.1, 0.15) is 5.56 Å². The highest BCUT2D eigenvalue weighted by molar-refractivity contribution is 8.00. The lowest BCUT2D eigenvalue weighted by Gasteiger charge is -2.10. The standard InChI is InChI=1S/C23H18ClN3O2S2/c1-14-5-10-20-19(11-14)26-22(29-20)15-3-2-4-17(12-15)25-23(30)27-21(28)13-31-18-8-6-16(24)7-9-18/h2-12H,13H2,1H3,(H2,25,27,28,30). The third-order valence-corrected chi connectivity index (χ3v) is 5.82. The molecule has 3 aromatic carbocycles. The summed E-state index contributed by atoms with van der Waals surface area (Å²) in [5.41, 5.74) is 4.21. The first-order valence-electron chi connectivity index (χ1n) is 9.43. The fraction of sp³-hybridized carbons (Fsp3) is 0.0870. The third kappa shape index (κ3) is 5.64. The number of benzene rings is 3. The van der Waals surface area contributed by atoms with Crippen LogP contribution in [0.2, 0.25) is 5.02 Å². The molecule has 0 aliphatic heterocycles. The van der Waals surface area contributed by atoms with Gasteiger partial charge in [0.1, 0.15) is 5.52 Å². The summed E-state index contributed by atoms with van der Waals surface area (Å²) in [6.45, 7) is 2.02. The van der Waals surface area contributed by atoms with Gasteiger partial charge < -0.3 is 15.1 Å². The molecule has 4 aromatic rings. The molecule has 0 aliphatic rings. The SMILES string of the molecule is Cc1ccc2oc(-c3cccc(NC(=S)NC(=O)CSc4ccc(Cl)cc4)c3)nc2c1. The van der Waals surface area contributed by atoms with E-state index in [2.05, 4.69) is 15.6 Å². The zero-order chi connectivity index (χ0) is 21.8. The maximum absolute atomic E-state index is 12.2. The van der Waals surface area contributed by atoms with Crippen LogP contribution in [0.3, 0.4) is 0 Å². The number of anilines is 1. The van der Waals surface area contributed by atoms with Crippen LogP contribution in [0.4, 0.5) is 5.69 Å². The number of fused-ring (bicyclic) bond motifs is 1. The van der Waals surface area contributed by atoms with Crippen LogP contribution < -0.4 is 10.6 Å².